The van der Waals surface area contributed by atoms with Crippen molar-refractivity contribution < 1.29 is 8.42 Å². The highest BCUT2D eigenvalue weighted by atomic mass is 35.5. The molecule has 98 valence electrons. The van der Waals surface area contributed by atoms with E-state index in [1.807, 2.05) is 6.07 Å². The monoisotopic (exact) mass is 311 g/mol. The predicted molar refractivity (Wildman–Crippen MR) is 79.5 cm³/mol. The van der Waals surface area contributed by atoms with Gasteiger partial charge in [0.15, 0.2) is 9.84 Å². The van der Waals surface area contributed by atoms with E-state index >= 15 is 0 Å². The predicted octanol–water partition coefficient (Wildman–Crippen LogP) is 3.77. The summed E-state index contributed by atoms with van der Waals surface area (Å²) in [7, 11) is -3.18. The van der Waals surface area contributed by atoms with Crippen molar-refractivity contribution >= 4 is 39.6 Å². The van der Waals surface area contributed by atoms with Crippen molar-refractivity contribution in [1.29, 1.82) is 0 Å². The fourth-order valence-corrected chi connectivity index (χ4v) is 2.70. The SMILES string of the molecule is CS(=O)(=O)c1ccc(-c2ccc(N=S)cc2Cl)cc1. The molecule has 0 N–H and O–H groups in total. The highest BCUT2D eigenvalue weighted by Crippen LogP contribution is 2.31. The first-order valence-corrected chi connectivity index (χ1v) is 7.98. The third-order valence-corrected chi connectivity index (χ3v) is 4.30. The summed E-state index contributed by atoms with van der Waals surface area (Å²) in [5.41, 5.74) is 2.27. The zero-order valence-electron chi connectivity index (χ0n) is 10.00. The molecule has 6 heteroatoms. The van der Waals surface area contributed by atoms with Crippen LogP contribution in [-0.2, 0) is 22.3 Å². The van der Waals surface area contributed by atoms with Gasteiger partial charge >= 0.3 is 0 Å². The number of hydrogen-bond donors (Lipinski definition) is 0. The average molecular weight is 312 g/mol. The second kappa shape index (κ2) is 5.36. The minimum Gasteiger partial charge on any atom is -0.224 e. The van der Waals surface area contributed by atoms with Crippen LogP contribution in [0.1, 0.15) is 0 Å². The molecule has 0 saturated heterocycles. The van der Waals surface area contributed by atoms with Crippen LogP contribution in [-0.4, -0.2) is 14.7 Å². The molecule has 0 unspecified atom stereocenters. The van der Waals surface area contributed by atoms with Gasteiger partial charge in [-0.2, -0.15) is 4.36 Å². The van der Waals surface area contributed by atoms with E-state index in [4.69, 9.17) is 11.6 Å². The Hall–Kier alpha value is -1.30. The lowest BCUT2D eigenvalue weighted by molar-refractivity contribution is 0.602. The van der Waals surface area contributed by atoms with E-state index < -0.39 is 9.84 Å². The zero-order valence-corrected chi connectivity index (χ0v) is 12.4. The lowest BCUT2D eigenvalue weighted by Crippen LogP contribution is -1.96. The number of rotatable bonds is 3. The molecule has 0 aliphatic carbocycles. The summed E-state index contributed by atoms with van der Waals surface area (Å²) in [4.78, 5) is 0.282. The van der Waals surface area contributed by atoms with Crippen LogP contribution in [0.25, 0.3) is 11.1 Å². The van der Waals surface area contributed by atoms with Crippen LogP contribution in [0.4, 0.5) is 5.69 Å². The number of hydrogen-bond acceptors (Lipinski definition) is 4. The second-order valence-electron chi connectivity index (χ2n) is 4.05. The molecule has 0 atom stereocenters. The van der Waals surface area contributed by atoms with Crippen molar-refractivity contribution in [1.82, 2.24) is 0 Å². The van der Waals surface area contributed by atoms with Gasteiger partial charge in [-0.1, -0.05) is 29.8 Å². The van der Waals surface area contributed by atoms with E-state index in [-0.39, 0.29) is 4.90 Å². The van der Waals surface area contributed by atoms with E-state index in [0.29, 0.717) is 10.7 Å². The van der Waals surface area contributed by atoms with Gasteiger partial charge < -0.3 is 0 Å². The van der Waals surface area contributed by atoms with Crippen molar-refractivity contribution in [2.75, 3.05) is 6.26 Å². The van der Waals surface area contributed by atoms with Gasteiger partial charge in [0.2, 0.25) is 0 Å². The van der Waals surface area contributed by atoms with Crippen molar-refractivity contribution in [2.45, 2.75) is 4.90 Å². The van der Waals surface area contributed by atoms with Crippen LogP contribution >= 0.6 is 11.6 Å². The minimum absolute atomic E-state index is 0.282. The second-order valence-corrected chi connectivity index (χ2v) is 6.66. The molecule has 0 spiro atoms. The van der Waals surface area contributed by atoms with E-state index in [2.05, 4.69) is 16.8 Å². The maximum absolute atomic E-state index is 11.4. The Morgan fingerprint density at radius 1 is 1.11 bits per heavy atom. The molecule has 0 aliphatic heterocycles. The fraction of sp³-hybridized carbons (Fsp3) is 0.0769. The van der Waals surface area contributed by atoms with Crippen LogP contribution in [0.2, 0.25) is 5.02 Å². The summed E-state index contributed by atoms with van der Waals surface area (Å²) in [6, 6.07) is 11.8. The molecule has 0 heterocycles. The number of halogens is 1. The van der Waals surface area contributed by atoms with Gasteiger partial charge in [-0.05, 0) is 29.8 Å². The fourth-order valence-electron chi connectivity index (χ4n) is 1.68. The molecular formula is C13H10ClNO2S2. The van der Waals surface area contributed by atoms with Gasteiger partial charge in [-0.25, -0.2) is 8.42 Å². The summed E-state index contributed by atoms with van der Waals surface area (Å²) in [6.45, 7) is 0. The Labute approximate surface area is 122 Å². The lowest BCUT2D eigenvalue weighted by atomic mass is 10.1. The van der Waals surface area contributed by atoms with Crippen molar-refractivity contribution in [3.05, 3.63) is 47.5 Å². The molecule has 2 aromatic rings. The molecule has 0 aromatic heterocycles. The lowest BCUT2D eigenvalue weighted by Gasteiger charge is -2.06. The Bertz CT molecular complexity index is 725. The summed E-state index contributed by atoms with van der Waals surface area (Å²) < 4.78 is 26.4. The van der Waals surface area contributed by atoms with Crippen molar-refractivity contribution in [2.24, 2.45) is 4.36 Å². The van der Waals surface area contributed by atoms with Crippen LogP contribution in [0.15, 0.2) is 51.7 Å². The van der Waals surface area contributed by atoms with E-state index in [1.165, 1.54) is 6.26 Å². The van der Waals surface area contributed by atoms with Gasteiger partial charge in [0.25, 0.3) is 0 Å². The van der Waals surface area contributed by atoms with E-state index in [1.54, 1.807) is 36.4 Å². The Kier molecular flexibility index (Phi) is 3.99. The van der Waals surface area contributed by atoms with Crippen molar-refractivity contribution in [3.8, 4) is 11.1 Å². The largest absolute Gasteiger partial charge is 0.224 e. The molecule has 0 fully saturated rings. The summed E-state index contributed by atoms with van der Waals surface area (Å²) in [5, 5.41) is 0.526. The topological polar surface area (TPSA) is 46.5 Å². The Balaban J connectivity index is 2.46. The molecule has 0 amide bonds. The number of benzene rings is 2. The Morgan fingerprint density at radius 3 is 2.21 bits per heavy atom. The third kappa shape index (κ3) is 3.18. The first-order valence-electron chi connectivity index (χ1n) is 5.35. The molecule has 0 radical (unpaired) electrons. The first-order chi connectivity index (χ1) is 8.91. The molecule has 2 aromatic carbocycles. The average Bonchev–Trinajstić information content (AvgIpc) is 2.37. The summed E-state index contributed by atoms with van der Waals surface area (Å²) in [5.74, 6) is 0. The molecule has 2 rings (SSSR count). The van der Waals surface area contributed by atoms with Gasteiger partial charge in [0.1, 0.15) is 0 Å². The van der Waals surface area contributed by atoms with Gasteiger partial charge in [-0.3, -0.25) is 0 Å². The highest BCUT2D eigenvalue weighted by Gasteiger charge is 2.08. The summed E-state index contributed by atoms with van der Waals surface area (Å²) >= 11 is 10.7. The van der Waals surface area contributed by atoms with Crippen molar-refractivity contribution in [3.63, 3.8) is 0 Å². The van der Waals surface area contributed by atoms with Crippen LogP contribution in [0.3, 0.4) is 0 Å². The van der Waals surface area contributed by atoms with Crippen LogP contribution in [0, 0.1) is 0 Å². The Morgan fingerprint density at radius 2 is 1.74 bits per heavy atom. The molecule has 19 heavy (non-hydrogen) atoms. The van der Waals surface area contributed by atoms with E-state index in [9.17, 15) is 8.42 Å². The standard InChI is InChI=1S/C13H10ClNO2S2/c1-19(16,17)11-5-2-9(3-6-11)12-7-4-10(15-18)8-13(12)14/h2-8H,1H3. The maximum atomic E-state index is 11.4. The van der Waals surface area contributed by atoms with Gasteiger partial charge in [0, 0.05) is 24.2 Å². The molecule has 3 nitrogen and oxygen atoms in total. The van der Waals surface area contributed by atoms with E-state index in [0.717, 1.165) is 11.1 Å². The van der Waals surface area contributed by atoms with Crippen LogP contribution < -0.4 is 0 Å². The van der Waals surface area contributed by atoms with Gasteiger partial charge in [0.05, 0.1) is 15.6 Å². The molecule has 0 aliphatic rings. The molecular weight excluding hydrogens is 302 g/mol. The smallest absolute Gasteiger partial charge is 0.175 e. The highest BCUT2D eigenvalue weighted by molar-refractivity contribution is 7.90. The summed E-state index contributed by atoms with van der Waals surface area (Å²) in [6.07, 6.45) is 1.18. The maximum Gasteiger partial charge on any atom is 0.175 e. The first kappa shape index (κ1) is 14.1. The number of nitrogens with zero attached hydrogens (tertiary/aromatic N) is 1. The van der Waals surface area contributed by atoms with Crippen LogP contribution in [0.5, 0.6) is 0 Å². The molecule has 0 saturated carbocycles. The zero-order chi connectivity index (χ0) is 14.0. The quantitative estimate of drug-likeness (QED) is 0.866. The number of sulfone groups is 1. The van der Waals surface area contributed by atoms with Gasteiger partial charge in [-0.15, -0.1) is 0 Å². The third-order valence-electron chi connectivity index (χ3n) is 2.65. The minimum atomic E-state index is -3.18. The normalized spacial score (nSPS) is 11.3. The molecule has 0 bridgehead atoms.